The number of hydrogen-bond acceptors (Lipinski definition) is 5. The largest absolute Gasteiger partial charge is 0.416 e. The Labute approximate surface area is 153 Å². The van der Waals surface area contributed by atoms with E-state index >= 15 is 0 Å². The molecule has 0 atom stereocenters. The van der Waals surface area contributed by atoms with E-state index in [1.807, 2.05) is 0 Å². The van der Waals surface area contributed by atoms with Gasteiger partial charge in [0.15, 0.2) is 0 Å². The highest BCUT2D eigenvalue weighted by Gasteiger charge is 2.38. The van der Waals surface area contributed by atoms with E-state index in [1.165, 1.54) is 0 Å². The minimum atomic E-state index is -4.54. The zero-order valence-corrected chi connectivity index (χ0v) is 14.9. The molecule has 0 spiro atoms. The number of halogens is 3. The van der Waals surface area contributed by atoms with Crippen LogP contribution in [0.5, 0.6) is 0 Å². The summed E-state index contributed by atoms with van der Waals surface area (Å²) >= 11 is 0. The molecule has 0 N–H and O–H groups in total. The van der Waals surface area contributed by atoms with Crippen LogP contribution in [0.4, 0.5) is 13.2 Å². The molecule has 2 aliphatic rings. The summed E-state index contributed by atoms with van der Waals surface area (Å²) < 4.78 is 69.2. The van der Waals surface area contributed by atoms with Gasteiger partial charge < -0.3 is 4.74 Å². The molecule has 3 rings (SSSR count). The van der Waals surface area contributed by atoms with Crippen molar-refractivity contribution in [1.82, 2.24) is 9.21 Å². The van der Waals surface area contributed by atoms with Gasteiger partial charge in [0, 0.05) is 19.1 Å². The standard InChI is InChI=1S/C16H17F3N2O5S/c17-16(18,19)11-1-3-13(4-2-11)27(24,25)20-7-5-12(6-8-20)21-14(22)9-26-10-15(21)23/h1-4,12H,5-10H2. The fourth-order valence-electron chi connectivity index (χ4n) is 3.22. The fourth-order valence-corrected chi connectivity index (χ4v) is 4.69. The first kappa shape index (κ1) is 19.8. The van der Waals surface area contributed by atoms with Gasteiger partial charge in [0.1, 0.15) is 13.2 Å². The number of piperidine rings is 1. The third-order valence-electron chi connectivity index (χ3n) is 4.60. The van der Waals surface area contributed by atoms with Crippen LogP contribution in [0.2, 0.25) is 0 Å². The molecule has 7 nitrogen and oxygen atoms in total. The van der Waals surface area contributed by atoms with Gasteiger partial charge in [-0.25, -0.2) is 8.42 Å². The Morgan fingerprint density at radius 1 is 0.963 bits per heavy atom. The number of nitrogens with zero attached hydrogens (tertiary/aromatic N) is 2. The van der Waals surface area contributed by atoms with Crippen molar-refractivity contribution in [2.75, 3.05) is 26.3 Å². The number of ether oxygens (including phenoxy) is 1. The van der Waals surface area contributed by atoms with Crippen molar-refractivity contribution >= 4 is 21.8 Å². The Hall–Kier alpha value is -1.98. The van der Waals surface area contributed by atoms with Crippen LogP contribution < -0.4 is 0 Å². The summed E-state index contributed by atoms with van der Waals surface area (Å²) in [6, 6.07) is 2.90. The monoisotopic (exact) mass is 406 g/mol. The topological polar surface area (TPSA) is 84.0 Å². The van der Waals surface area contributed by atoms with Crippen LogP contribution in [-0.4, -0.2) is 61.8 Å². The molecule has 1 aromatic carbocycles. The van der Waals surface area contributed by atoms with Crippen LogP contribution in [0, 0.1) is 0 Å². The summed E-state index contributed by atoms with van der Waals surface area (Å²) in [5, 5.41) is 0. The molecule has 0 saturated carbocycles. The number of amides is 2. The van der Waals surface area contributed by atoms with E-state index < -0.39 is 39.6 Å². The highest BCUT2D eigenvalue weighted by molar-refractivity contribution is 7.89. The maximum absolute atomic E-state index is 12.6. The van der Waals surface area contributed by atoms with Crippen molar-refractivity contribution < 1.29 is 35.9 Å². The number of hydrogen-bond donors (Lipinski definition) is 0. The molecule has 0 bridgehead atoms. The van der Waals surface area contributed by atoms with Gasteiger partial charge >= 0.3 is 6.18 Å². The number of alkyl halides is 3. The summed E-state index contributed by atoms with van der Waals surface area (Å²) in [4.78, 5) is 24.6. The molecule has 2 fully saturated rings. The molecule has 0 unspecified atom stereocenters. The average Bonchev–Trinajstić information content (AvgIpc) is 2.61. The molecule has 1 aromatic rings. The Morgan fingerprint density at radius 2 is 1.48 bits per heavy atom. The third-order valence-corrected chi connectivity index (χ3v) is 6.51. The maximum atomic E-state index is 12.6. The van der Waals surface area contributed by atoms with Gasteiger partial charge in [0.2, 0.25) is 10.0 Å². The smallest absolute Gasteiger partial charge is 0.362 e. The summed E-state index contributed by atoms with van der Waals surface area (Å²) in [5.74, 6) is -0.898. The molecule has 2 heterocycles. The lowest BCUT2D eigenvalue weighted by molar-refractivity contribution is -0.162. The van der Waals surface area contributed by atoms with Crippen LogP contribution in [0.15, 0.2) is 29.2 Å². The predicted molar refractivity (Wildman–Crippen MR) is 85.9 cm³/mol. The molecule has 2 saturated heterocycles. The highest BCUT2D eigenvalue weighted by atomic mass is 32.2. The summed E-state index contributed by atoms with van der Waals surface area (Å²) in [6.07, 6.45) is -4.02. The van der Waals surface area contributed by atoms with Gasteiger partial charge in [-0.2, -0.15) is 17.5 Å². The molecule has 148 valence electrons. The summed E-state index contributed by atoms with van der Waals surface area (Å²) in [5.41, 5.74) is -0.926. The van der Waals surface area contributed by atoms with Crippen LogP contribution in [0.3, 0.4) is 0 Å². The summed E-state index contributed by atoms with van der Waals surface area (Å²) in [7, 11) is -3.95. The zero-order valence-electron chi connectivity index (χ0n) is 14.1. The number of rotatable bonds is 3. The first-order valence-electron chi connectivity index (χ1n) is 8.21. The van der Waals surface area contributed by atoms with E-state index in [4.69, 9.17) is 4.74 Å². The molecule has 11 heteroatoms. The normalized spacial score (nSPS) is 20.9. The molecule has 2 aliphatic heterocycles. The quantitative estimate of drug-likeness (QED) is 0.706. The van der Waals surface area contributed by atoms with Gasteiger partial charge in [-0.05, 0) is 37.1 Å². The van der Waals surface area contributed by atoms with Crippen molar-refractivity contribution in [3.63, 3.8) is 0 Å². The lowest BCUT2D eigenvalue weighted by Gasteiger charge is -2.38. The molecule has 0 aliphatic carbocycles. The maximum Gasteiger partial charge on any atom is 0.416 e. The molecular weight excluding hydrogens is 389 g/mol. The Kier molecular flexibility index (Phi) is 5.28. The molecule has 2 amide bonds. The number of carbonyl (C=O) groups excluding carboxylic acids is 2. The lowest BCUT2D eigenvalue weighted by atomic mass is 10.0. The van der Waals surface area contributed by atoms with E-state index in [-0.39, 0.29) is 44.0 Å². The fraction of sp³-hybridized carbons (Fsp3) is 0.500. The van der Waals surface area contributed by atoms with Gasteiger partial charge in [0.25, 0.3) is 11.8 Å². The van der Waals surface area contributed by atoms with Crippen LogP contribution in [0.1, 0.15) is 18.4 Å². The Balaban J connectivity index is 1.69. The van der Waals surface area contributed by atoms with Gasteiger partial charge in [-0.1, -0.05) is 0 Å². The van der Waals surface area contributed by atoms with Gasteiger partial charge in [-0.15, -0.1) is 0 Å². The van der Waals surface area contributed by atoms with Crippen molar-refractivity contribution in [3.05, 3.63) is 29.8 Å². The molecule has 27 heavy (non-hydrogen) atoms. The number of sulfonamides is 1. The second kappa shape index (κ2) is 7.21. The molecule has 0 aromatic heterocycles. The van der Waals surface area contributed by atoms with E-state index in [2.05, 4.69) is 0 Å². The Bertz CT molecular complexity index is 815. The van der Waals surface area contributed by atoms with E-state index in [9.17, 15) is 31.2 Å². The number of morpholine rings is 1. The number of imide groups is 1. The van der Waals surface area contributed by atoms with Crippen LogP contribution in [0.25, 0.3) is 0 Å². The van der Waals surface area contributed by atoms with Crippen molar-refractivity contribution in [2.24, 2.45) is 0 Å². The highest BCUT2D eigenvalue weighted by Crippen LogP contribution is 2.31. The third kappa shape index (κ3) is 3.99. The SMILES string of the molecule is O=C1COCC(=O)N1C1CCN(S(=O)(=O)c2ccc(C(F)(F)F)cc2)CC1. The second-order valence-electron chi connectivity index (χ2n) is 6.31. The number of benzene rings is 1. The minimum Gasteiger partial charge on any atom is -0.362 e. The van der Waals surface area contributed by atoms with Crippen LogP contribution in [-0.2, 0) is 30.5 Å². The predicted octanol–water partition coefficient (Wildman–Crippen LogP) is 1.24. The minimum absolute atomic E-state index is 0.0614. The Morgan fingerprint density at radius 3 is 1.96 bits per heavy atom. The zero-order chi connectivity index (χ0) is 19.8. The van der Waals surface area contributed by atoms with Crippen molar-refractivity contribution in [1.29, 1.82) is 0 Å². The first-order valence-corrected chi connectivity index (χ1v) is 9.65. The van der Waals surface area contributed by atoms with Crippen molar-refractivity contribution in [2.45, 2.75) is 30.0 Å². The van der Waals surface area contributed by atoms with Crippen molar-refractivity contribution in [3.8, 4) is 0 Å². The molecular formula is C16H17F3N2O5S. The van der Waals surface area contributed by atoms with Gasteiger partial charge in [-0.3, -0.25) is 14.5 Å². The second-order valence-corrected chi connectivity index (χ2v) is 8.25. The first-order chi connectivity index (χ1) is 12.6. The average molecular weight is 406 g/mol. The lowest BCUT2D eigenvalue weighted by Crippen LogP contribution is -2.55. The molecule has 0 radical (unpaired) electrons. The van der Waals surface area contributed by atoms with Crippen LogP contribution >= 0.6 is 0 Å². The van der Waals surface area contributed by atoms with Gasteiger partial charge in [0.05, 0.1) is 10.5 Å². The number of carbonyl (C=O) groups is 2. The van der Waals surface area contributed by atoms with E-state index in [0.29, 0.717) is 0 Å². The summed E-state index contributed by atoms with van der Waals surface area (Å²) in [6.45, 7) is -0.247. The van der Waals surface area contributed by atoms with E-state index in [0.717, 1.165) is 33.5 Å². The van der Waals surface area contributed by atoms with E-state index in [1.54, 1.807) is 0 Å².